The average molecular weight is 349 g/mol. The van der Waals surface area contributed by atoms with Gasteiger partial charge in [-0.15, -0.1) is 0 Å². The quantitative estimate of drug-likeness (QED) is 0.709. The number of hydrogen-bond acceptors (Lipinski definition) is 3. The second-order valence-corrected chi connectivity index (χ2v) is 7.02. The number of halogens is 1. The molecule has 0 atom stereocenters. The lowest BCUT2D eigenvalue weighted by molar-refractivity contribution is 0.573. The maximum Gasteiger partial charge on any atom is 0.241 e. The molecule has 6 heteroatoms. The molecule has 0 bridgehead atoms. The minimum Gasteiger partial charge on any atom is -0.326 e. The van der Waals surface area contributed by atoms with Gasteiger partial charge in [0.2, 0.25) is 10.0 Å². The van der Waals surface area contributed by atoms with Crippen LogP contribution in [-0.2, 0) is 16.6 Å². The molecule has 0 spiro atoms. The summed E-state index contributed by atoms with van der Waals surface area (Å²) in [6.45, 7) is 3.00. The number of benzene rings is 1. The zero-order chi connectivity index (χ0) is 14.3. The van der Waals surface area contributed by atoms with Gasteiger partial charge in [-0.1, -0.05) is 32.3 Å². The van der Waals surface area contributed by atoms with E-state index in [-0.39, 0.29) is 4.90 Å². The molecule has 0 unspecified atom stereocenters. The van der Waals surface area contributed by atoms with Crippen molar-refractivity contribution < 1.29 is 8.42 Å². The Morgan fingerprint density at radius 2 is 2.00 bits per heavy atom. The van der Waals surface area contributed by atoms with Crippen LogP contribution in [0.2, 0.25) is 0 Å². The van der Waals surface area contributed by atoms with Crippen molar-refractivity contribution in [1.82, 2.24) is 4.72 Å². The van der Waals surface area contributed by atoms with Gasteiger partial charge in [0.25, 0.3) is 0 Å². The molecule has 0 saturated heterocycles. The molecule has 0 heterocycles. The fourth-order valence-electron chi connectivity index (χ4n) is 1.73. The molecule has 0 aromatic heterocycles. The second-order valence-electron chi connectivity index (χ2n) is 4.43. The van der Waals surface area contributed by atoms with Gasteiger partial charge in [0.15, 0.2) is 0 Å². The molecule has 0 saturated carbocycles. The van der Waals surface area contributed by atoms with Crippen molar-refractivity contribution >= 4 is 26.0 Å². The average Bonchev–Trinajstić information content (AvgIpc) is 2.37. The van der Waals surface area contributed by atoms with Gasteiger partial charge in [-0.3, -0.25) is 0 Å². The van der Waals surface area contributed by atoms with Gasteiger partial charge in [-0.25, -0.2) is 13.1 Å². The summed E-state index contributed by atoms with van der Waals surface area (Å²) in [6.07, 6.45) is 4.19. The minimum absolute atomic E-state index is 0.264. The molecule has 1 aromatic rings. The van der Waals surface area contributed by atoms with Crippen molar-refractivity contribution in [3.05, 3.63) is 28.2 Å². The Bertz CT molecular complexity index is 503. The largest absolute Gasteiger partial charge is 0.326 e. The Morgan fingerprint density at radius 3 is 2.58 bits per heavy atom. The lowest BCUT2D eigenvalue weighted by Crippen LogP contribution is -2.25. The highest BCUT2D eigenvalue weighted by Gasteiger charge is 2.16. The molecular weight excluding hydrogens is 328 g/mol. The van der Waals surface area contributed by atoms with E-state index in [1.54, 1.807) is 18.2 Å². The molecule has 0 aliphatic carbocycles. The first-order valence-electron chi connectivity index (χ1n) is 6.49. The standard InChI is InChI=1S/C13H21BrN2O2S/c1-2-3-4-5-8-16-19(17,18)13-7-6-11(10-15)9-12(13)14/h6-7,9,16H,2-5,8,10,15H2,1H3. The molecule has 4 nitrogen and oxygen atoms in total. The summed E-state index contributed by atoms with van der Waals surface area (Å²) in [7, 11) is -3.44. The van der Waals surface area contributed by atoms with E-state index in [1.807, 2.05) is 0 Å². The maximum atomic E-state index is 12.1. The summed E-state index contributed by atoms with van der Waals surface area (Å²) in [5, 5.41) is 0. The first-order valence-corrected chi connectivity index (χ1v) is 8.77. The van der Waals surface area contributed by atoms with Crippen molar-refractivity contribution in [2.45, 2.75) is 44.0 Å². The highest BCUT2D eigenvalue weighted by atomic mass is 79.9. The van der Waals surface area contributed by atoms with Crippen LogP contribution in [0.5, 0.6) is 0 Å². The van der Waals surface area contributed by atoms with Crippen LogP contribution in [-0.4, -0.2) is 15.0 Å². The lowest BCUT2D eigenvalue weighted by atomic mass is 10.2. The molecule has 3 N–H and O–H groups in total. The van der Waals surface area contributed by atoms with Gasteiger partial charge in [-0.05, 0) is 40.0 Å². The smallest absolute Gasteiger partial charge is 0.241 e. The number of rotatable bonds is 8. The SMILES string of the molecule is CCCCCCNS(=O)(=O)c1ccc(CN)cc1Br. The van der Waals surface area contributed by atoms with Crippen molar-refractivity contribution in [3.63, 3.8) is 0 Å². The zero-order valence-corrected chi connectivity index (χ0v) is 13.6. The van der Waals surface area contributed by atoms with Crippen molar-refractivity contribution in [1.29, 1.82) is 0 Å². The fourth-order valence-corrected chi connectivity index (χ4v) is 3.92. The molecule has 19 heavy (non-hydrogen) atoms. The summed E-state index contributed by atoms with van der Waals surface area (Å²) in [4.78, 5) is 0.264. The van der Waals surface area contributed by atoms with Crippen LogP contribution in [0.4, 0.5) is 0 Å². The van der Waals surface area contributed by atoms with Gasteiger partial charge in [0.1, 0.15) is 0 Å². The molecule has 1 aromatic carbocycles. The van der Waals surface area contributed by atoms with E-state index in [0.29, 0.717) is 17.6 Å². The highest BCUT2D eigenvalue weighted by Crippen LogP contribution is 2.23. The van der Waals surface area contributed by atoms with Crippen LogP contribution in [0.25, 0.3) is 0 Å². The first kappa shape index (κ1) is 16.6. The Balaban J connectivity index is 2.67. The molecule has 108 valence electrons. The van der Waals surface area contributed by atoms with E-state index in [4.69, 9.17) is 5.73 Å². The predicted molar refractivity (Wildman–Crippen MR) is 81.4 cm³/mol. The van der Waals surface area contributed by atoms with Gasteiger partial charge < -0.3 is 5.73 Å². The van der Waals surface area contributed by atoms with Crippen LogP contribution in [0.3, 0.4) is 0 Å². The summed E-state index contributed by atoms with van der Waals surface area (Å²) >= 11 is 3.28. The van der Waals surface area contributed by atoms with E-state index < -0.39 is 10.0 Å². The molecule has 0 fully saturated rings. The fraction of sp³-hybridized carbons (Fsp3) is 0.538. The molecule has 0 aliphatic heterocycles. The third kappa shape index (κ3) is 5.22. The predicted octanol–water partition coefficient (Wildman–Crippen LogP) is 2.77. The normalized spacial score (nSPS) is 11.7. The van der Waals surface area contributed by atoms with E-state index in [2.05, 4.69) is 27.6 Å². The van der Waals surface area contributed by atoms with Crippen LogP contribution >= 0.6 is 15.9 Å². The van der Waals surface area contributed by atoms with Gasteiger partial charge in [0, 0.05) is 17.6 Å². The maximum absolute atomic E-state index is 12.1. The summed E-state index contributed by atoms with van der Waals surface area (Å²) < 4.78 is 27.4. The van der Waals surface area contributed by atoms with Gasteiger partial charge in [0.05, 0.1) is 4.90 Å². The molecular formula is C13H21BrN2O2S. The first-order chi connectivity index (χ1) is 9.01. The lowest BCUT2D eigenvalue weighted by Gasteiger charge is -2.09. The van der Waals surface area contributed by atoms with Crippen molar-refractivity contribution in [3.8, 4) is 0 Å². The Hall–Kier alpha value is -0.430. The Kier molecular flexibility index (Phi) is 6.99. The number of nitrogens with one attached hydrogen (secondary N) is 1. The van der Waals surface area contributed by atoms with E-state index >= 15 is 0 Å². The second kappa shape index (κ2) is 7.99. The molecule has 0 radical (unpaired) electrons. The molecule has 0 aliphatic rings. The Labute approximate surface area is 124 Å². The van der Waals surface area contributed by atoms with Crippen LogP contribution in [0, 0.1) is 0 Å². The third-order valence-electron chi connectivity index (χ3n) is 2.84. The highest BCUT2D eigenvalue weighted by molar-refractivity contribution is 9.10. The zero-order valence-electron chi connectivity index (χ0n) is 11.2. The van der Waals surface area contributed by atoms with Gasteiger partial charge in [-0.2, -0.15) is 0 Å². The summed E-state index contributed by atoms with van der Waals surface area (Å²) in [6, 6.07) is 5.06. The van der Waals surface area contributed by atoms with Gasteiger partial charge >= 0.3 is 0 Å². The van der Waals surface area contributed by atoms with Crippen LogP contribution in [0.1, 0.15) is 38.2 Å². The molecule has 1 rings (SSSR count). The van der Waals surface area contributed by atoms with Crippen LogP contribution in [0.15, 0.2) is 27.6 Å². The van der Waals surface area contributed by atoms with E-state index in [9.17, 15) is 8.42 Å². The number of nitrogens with two attached hydrogens (primary N) is 1. The summed E-state index contributed by atoms with van der Waals surface area (Å²) in [5.41, 5.74) is 6.42. The summed E-state index contributed by atoms with van der Waals surface area (Å²) in [5.74, 6) is 0. The number of sulfonamides is 1. The topological polar surface area (TPSA) is 72.2 Å². The van der Waals surface area contributed by atoms with E-state index in [0.717, 1.165) is 31.2 Å². The monoisotopic (exact) mass is 348 g/mol. The number of hydrogen-bond donors (Lipinski definition) is 2. The number of unbranched alkanes of at least 4 members (excludes halogenated alkanes) is 3. The third-order valence-corrected chi connectivity index (χ3v) is 5.28. The van der Waals surface area contributed by atoms with Crippen molar-refractivity contribution in [2.75, 3.05) is 6.54 Å². The minimum atomic E-state index is -3.44. The van der Waals surface area contributed by atoms with Crippen LogP contribution < -0.4 is 10.5 Å². The van der Waals surface area contributed by atoms with Crippen molar-refractivity contribution in [2.24, 2.45) is 5.73 Å². The van der Waals surface area contributed by atoms with E-state index in [1.165, 1.54) is 0 Å². The molecule has 0 amide bonds. The Morgan fingerprint density at radius 1 is 1.26 bits per heavy atom.